The first-order valence-corrected chi connectivity index (χ1v) is 12.2. The fourth-order valence-electron chi connectivity index (χ4n) is 3.67. The van der Waals surface area contributed by atoms with Crippen molar-refractivity contribution in [3.05, 3.63) is 0 Å². The third-order valence-corrected chi connectivity index (χ3v) is 6.26. The van der Waals surface area contributed by atoms with E-state index in [2.05, 4.69) is 50.3 Å². The van der Waals surface area contributed by atoms with Gasteiger partial charge in [-0.25, -0.2) is 0 Å². The molecule has 146 valence electrons. The molecule has 0 aliphatic rings. The highest BCUT2D eigenvalue weighted by atomic mass is 127. The molecule has 0 saturated carbocycles. The van der Waals surface area contributed by atoms with Crippen molar-refractivity contribution in [3.8, 4) is 0 Å². The number of hydrogen-bond acceptors (Lipinski definition) is 1. The van der Waals surface area contributed by atoms with Gasteiger partial charge in [-0.15, -0.1) is 0 Å². The highest BCUT2D eigenvalue weighted by molar-refractivity contribution is 14.1. The second kappa shape index (κ2) is 18.5. The van der Waals surface area contributed by atoms with Gasteiger partial charge in [-0.05, 0) is 38.0 Å². The molecule has 0 rings (SSSR count). The van der Waals surface area contributed by atoms with E-state index >= 15 is 0 Å². The van der Waals surface area contributed by atoms with E-state index in [1.807, 2.05) is 0 Å². The third-order valence-electron chi connectivity index (χ3n) is 5.01. The van der Waals surface area contributed by atoms with Gasteiger partial charge in [0.2, 0.25) is 0 Å². The van der Waals surface area contributed by atoms with E-state index < -0.39 is 0 Å². The molecule has 1 nitrogen and oxygen atoms in total. The topological polar surface area (TPSA) is 9.23 Å². The van der Waals surface area contributed by atoms with Gasteiger partial charge in [0.15, 0.2) is 0 Å². The zero-order chi connectivity index (χ0) is 18.0. The molecule has 0 spiro atoms. The van der Waals surface area contributed by atoms with Gasteiger partial charge in [0.1, 0.15) is 0 Å². The van der Waals surface area contributed by atoms with Gasteiger partial charge in [-0.1, -0.05) is 108 Å². The summed E-state index contributed by atoms with van der Waals surface area (Å²) >= 11 is 2.65. The summed E-state index contributed by atoms with van der Waals surface area (Å²) in [5.41, 5.74) is 0. The number of alkyl halides is 1. The van der Waals surface area contributed by atoms with Crippen molar-refractivity contribution in [1.29, 1.82) is 0 Å². The Balaban J connectivity index is 3.79. The second-order valence-corrected chi connectivity index (χ2v) is 9.30. The zero-order valence-electron chi connectivity index (χ0n) is 17.1. The smallest absolute Gasteiger partial charge is 0.0575 e. The molecular formula is C22H45IO. The maximum Gasteiger partial charge on any atom is 0.0575 e. The van der Waals surface area contributed by atoms with Crippen LogP contribution in [0.2, 0.25) is 0 Å². The Morgan fingerprint density at radius 1 is 0.625 bits per heavy atom. The molecule has 0 aromatic heterocycles. The van der Waals surface area contributed by atoms with Crippen LogP contribution in [0.15, 0.2) is 0 Å². The Hall–Kier alpha value is 0.690. The van der Waals surface area contributed by atoms with Crippen LogP contribution in [0.5, 0.6) is 0 Å². The zero-order valence-corrected chi connectivity index (χ0v) is 19.3. The maximum atomic E-state index is 6.10. The van der Waals surface area contributed by atoms with Gasteiger partial charge in [0.25, 0.3) is 0 Å². The molecule has 2 unspecified atom stereocenters. The standard InChI is InChI=1S/C22H45IO/c1-5-12-20(17-11-18-21(23)13-6-2)16-9-10-19-24-22(14-7-3)15-8-4/h20-22H,5-19H2,1-4H3. The van der Waals surface area contributed by atoms with Crippen LogP contribution in [0.3, 0.4) is 0 Å². The molecule has 0 N–H and O–H groups in total. The van der Waals surface area contributed by atoms with Gasteiger partial charge in [-0.2, -0.15) is 0 Å². The van der Waals surface area contributed by atoms with E-state index in [0.717, 1.165) is 16.4 Å². The van der Waals surface area contributed by atoms with Crippen molar-refractivity contribution in [2.45, 2.75) is 128 Å². The van der Waals surface area contributed by atoms with Gasteiger partial charge in [-0.3, -0.25) is 0 Å². The number of halogens is 1. The Labute approximate surface area is 167 Å². The summed E-state index contributed by atoms with van der Waals surface area (Å²) in [4.78, 5) is 0. The predicted molar refractivity (Wildman–Crippen MR) is 118 cm³/mol. The van der Waals surface area contributed by atoms with E-state index in [9.17, 15) is 0 Å². The molecule has 24 heavy (non-hydrogen) atoms. The van der Waals surface area contributed by atoms with Crippen LogP contribution < -0.4 is 0 Å². The monoisotopic (exact) mass is 452 g/mol. The first-order chi connectivity index (χ1) is 11.7. The molecular weight excluding hydrogens is 407 g/mol. The van der Waals surface area contributed by atoms with E-state index in [-0.39, 0.29) is 0 Å². The average Bonchev–Trinajstić information content (AvgIpc) is 2.55. The van der Waals surface area contributed by atoms with E-state index in [4.69, 9.17) is 4.74 Å². The molecule has 0 amide bonds. The third kappa shape index (κ3) is 15.0. The maximum absolute atomic E-state index is 6.10. The lowest BCUT2D eigenvalue weighted by atomic mass is 9.91. The summed E-state index contributed by atoms with van der Waals surface area (Å²) < 4.78 is 7.00. The largest absolute Gasteiger partial charge is 0.378 e. The van der Waals surface area contributed by atoms with Gasteiger partial charge >= 0.3 is 0 Å². The molecule has 0 radical (unpaired) electrons. The summed E-state index contributed by atoms with van der Waals surface area (Å²) in [5, 5.41) is 0. The van der Waals surface area contributed by atoms with Crippen LogP contribution in [0.25, 0.3) is 0 Å². The Morgan fingerprint density at radius 3 is 1.79 bits per heavy atom. The fraction of sp³-hybridized carbons (Fsp3) is 1.00. The molecule has 0 heterocycles. The molecule has 0 bridgehead atoms. The summed E-state index contributed by atoms with van der Waals surface area (Å²) in [6.45, 7) is 10.2. The summed E-state index contributed by atoms with van der Waals surface area (Å²) in [6, 6.07) is 0. The first-order valence-electron chi connectivity index (χ1n) is 10.9. The average molecular weight is 453 g/mol. The van der Waals surface area contributed by atoms with Gasteiger partial charge in [0, 0.05) is 10.5 Å². The molecule has 0 aliphatic carbocycles. The van der Waals surface area contributed by atoms with Crippen LogP contribution in [-0.2, 0) is 4.74 Å². The summed E-state index contributed by atoms with van der Waals surface area (Å²) in [6.07, 6.45) is 19.3. The molecule has 0 aliphatic heterocycles. The number of unbranched alkanes of at least 4 members (excludes halogenated alkanes) is 1. The lowest BCUT2D eigenvalue weighted by molar-refractivity contribution is 0.0378. The van der Waals surface area contributed by atoms with Crippen molar-refractivity contribution in [2.24, 2.45) is 5.92 Å². The van der Waals surface area contributed by atoms with Crippen LogP contribution in [0.1, 0.15) is 118 Å². The van der Waals surface area contributed by atoms with E-state index in [1.165, 1.54) is 89.9 Å². The molecule has 2 heteroatoms. The molecule has 0 aromatic rings. The Bertz CT molecular complexity index is 238. The minimum absolute atomic E-state index is 0.519. The quantitative estimate of drug-likeness (QED) is 0.115. The number of rotatable bonds is 18. The minimum atomic E-state index is 0.519. The molecule has 0 aromatic carbocycles. The first kappa shape index (κ1) is 24.7. The number of hydrogen-bond donors (Lipinski definition) is 0. The minimum Gasteiger partial charge on any atom is -0.378 e. The summed E-state index contributed by atoms with van der Waals surface area (Å²) in [5.74, 6) is 0.960. The van der Waals surface area contributed by atoms with Crippen molar-refractivity contribution in [1.82, 2.24) is 0 Å². The van der Waals surface area contributed by atoms with Gasteiger partial charge in [0.05, 0.1) is 6.10 Å². The lowest BCUT2D eigenvalue weighted by Gasteiger charge is -2.19. The van der Waals surface area contributed by atoms with Crippen LogP contribution in [0, 0.1) is 5.92 Å². The summed E-state index contributed by atoms with van der Waals surface area (Å²) in [7, 11) is 0. The fourth-order valence-corrected chi connectivity index (χ4v) is 4.73. The highest BCUT2D eigenvalue weighted by Gasteiger charge is 2.10. The Morgan fingerprint density at radius 2 is 1.21 bits per heavy atom. The van der Waals surface area contributed by atoms with Crippen molar-refractivity contribution >= 4 is 22.6 Å². The van der Waals surface area contributed by atoms with Crippen LogP contribution >= 0.6 is 22.6 Å². The highest BCUT2D eigenvalue weighted by Crippen LogP contribution is 2.24. The molecule has 0 saturated heterocycles. The SMILES string of the molecule is CCCC(I)CCCC(CCC)CCCCOC(CCC)CCC. The van der Waals surface area contributed by atoms with E-state index in [0.29, 0.717) is 6.10 Å². The predicted octanol–water partition coefficient (Wildman–Crippen LogP) is 8.33. The van der Waals surface area contributed by atoms with Crippen LogP contribution in [-0.4, -0.2) is 16.6 Å². The second-order valence-electron chi connectivity index (χ2n) is 7.54. The van der Waals surface area contributed by atoms with Crippen LogP contribution in [0.4, 0.5) is 0 Å². The molecule has 0 fully saturated rings. The van der Waals surface area contributed by atoms with Crippen molar-refractivity contribution in [2.75, 3.05) is 6.61 Å². The molecule has 2 atom stereocenters. The van der Waals surface area contributed by atoms with Crippen molar-refractivity contribution < 1.29 is 4.74 Å². The normalized spacial score (nSPS) is 14.2. The lowest BCUT2D eigenvalue weighted by Crippen LogP contribution is -2.13. The van der Waals surface area contributed by atoms with Crippen molar-refractivity contribution in [3.63, 3.8) is 0 Å². The van der Waals surface area contributed by atoms with E-state index in [1.54, 1.807) is 0 Å². The van der Waals surface area contributed by atoms with Gasteiger partial charge < -0.3 is 4.74 Å². The number of ether oxygens (including phenoxy) is 1. The Kier molecular flexibility index (Phi) is 19.0.